The molecule has 4 heterocycles. The summed E-state index contributed by atoms with van der Waals surface area (Å²) in [5, 5.41) is 3.28. The molecule has 11 heteroatoms. The van der Waals surface area contributed by atoms with Gasteiger partial charge in [-0.25, -0.2) is 23.5 Å². The first kappa shape index (κ1) is 24.5. The number of aromatic nitrogens is 4. The molecule has 9 nitrogen and oxygen atoms in total. The molecule has 2 aliphatic heterocycles. The zero-order chi connectivity index (χ0) is 26.3. The van der Waals surface area contributed by atoms with Crippen LogP contribution in [0, 0.1) is 0 Å². The molecule has 1 atom stereocenters. The van der Waals surface area contributed by atoms with Crippen LogP contribution in [0.1, 0.15) is 25.3 Å². The number of alkyl halides is 2. The number of hydrogen-bond donors (Lipinski definition) is 2. The molecule has 2 aromatic carbocycles. The molecule has 0 bridgehead atoms. The van der Waals surface area contributed by atoms with Crippen LogP contribution in [0.4, 0.5) is 14.6 Å². The number of hydrogen-bond acceptors (Lipinski definition) is 7. The first-order chi connectivity index (χ1) is 18.4. The van der Waals surface area contributed by atoms with Crippen LogP contribution in [0.5, 0.6) is 11.5 Å². The lowest BCUT2D eigenvalue weighted by atomic mass is 9.96. The van der Waals surface area contributed by atoms with Crippen LogP contribution in [0.15, 0.2) is 65.7 Å². The molecular weight excluding hydrogens is 492 g/mol. The number of rotatable bonds is 5. The van der Waals surface area contributed by atoms with Crippen molar-refractivity contribution in [2.24, 2.45) is 0 Å². The minimum Gasteiger partial charge on any atom is -0.457 e. The van der Waals surface area contributed by atoms with Gasteiger partial charge in [0.1, 0.15) is 29.4 Å². The number of likely N-dealkylation sites (tertiary alicyclic amines) is 1. The Morgan fingerprint density at radius 1 is 0.974 bits per heavy atom. The lowest BCUT2D eigenvalue weighted by molar-refractivity contribution is -0.114. The van der Waals surface area contributed by atoms with E-state index < -0.39 is 24.2 Å². The topological polar surface area (TPSA) is 103 Å². The Morgan fingerprint density at radius 3 is 2.39 bits per heavy atom. The predicted octanol–water partition coefficient (Wildman–Crippen LogP) is 3.59. The highest BCUT2D eigenvalue weighted by Gasteiger charge is 2.48. The molecule has 2 aromatic heterocycles. The molecule has 2 fully saturated rings. The third kappa shape index (κ3) is 4.41. The molecule has 38 heavy (non-hydrogen) atoms. The van der Waals surface area contributed by atoms with E-state index in [0.29, 0.717) is 23.7 Å². The van der Waals surface area contributed by atoms with E-state index in [4.69, 9.17) is 10.5 Å². The molecular formula is C27H29F2N7O2. The van der Waals surface area contributed by atoms with Gasteiger partial charge in [0.25, 0.3) is 5.92 Å². The number of halogens is 2. The molecule has 0 aliphatic carbocycles. The fraction of sp³-hybridized carbons (Fsp3) is 0.370. The fourth-order valence-corrected chi connectivity index (χ4v) is 5.63. The Bertz CT molecular complexity index is 1480. The minimum absolute atomic E-state index is 0.0471. The van der Waals surface area contributed by atoms with Crippen molar-refractivity contribution in [1.29, 1.82) is 0 Å². The van der Waals surface area contributed by atoms with Crippen molar-refractivity contribution in [3.8, 4) is 17.2 Å². The third-order valence-corrected chi connectivity index (χ3v) is 7.48. The number of piperidine rings is 2. The number of nitrogens with one attached hydrogen (secondary N) is 1. The minimum atomic E-state index is -3.13. The molecule has 0 unspecified atom stereocenters. The van der Waals surface area contributed by atoms with Gasteiger partial charge in [0.15, 0.2) is 11.5 Å². The number of para-hydroxylation sites is 1. The van der Waals surface area contributed by atoms with Gasteiger partial charge in [-0.2, -0.15) is 0 Å². The van der Waals surface area contributed by atoms with Crippen molar-refractivity contribution in [2.45, 2.75) is 37.3 Å². The quantitative estimate of drug-likeness (QED) is 0.414. The second-order valence-electron chi connectivity index (χ2n) is 9.85. The summed E-state index contributed by atoms with van der Waals surface area (Å²) in [6.07, 6.45) is 3.02. The molecule has 0 radical (unpaired) electrons. The van der Waals surface area contributed by atoms with Crippen molar-refractivity contribution >= 4 is 17.0 Å². The van der Waals surface area contributed by atoms with Crippen LogP contribution in [0.3, 0.4) is 0 Å². The lowest BCUT2D eigenvalue weighted by Crippen LogP contribution is -2.55. The Balaban J connectivity index is 1.36. The van der Waals surface area contributed by atoms with Gasteiger partial charge in [-0.1, -0.05) is 18.2 Å². The standard InChI is InChI=1S/C27H29F2N7O2/c28-27(29)16-34(18-10-13-31-14-11-18)15-12-22(27)36-25-23(24(30)32-17-33-25)35(26(36)37)19-6-8-21(9-7-19)38-20-4-2-1-3-5-20/h1-9,17-18,22,31H,10-16H2,(H2,30,32,33)/t22-/m0/s1. The van der Waals surface area contributed by atoms with Crippen molar-refractivity contribution in [2.75, 3.05) is 31.9 Å². The largest absolute Gasteiger partial charge is 0.457 e. The van der Waals surface area contributed by atoms with E-state index in [-0.39, 0.29) is 29.4 Å². The van der Waals surface area contributed by atoms with E-state index in [1.165, 1.54) is 10.9 Å². The summed E-state index contributed by atoms with van der Waals surface area (Å²) in [6.45, 7) is 1.74. The second-order valence-corrected chi connectivity index (χ2v) is 9.85. The van der Waals surface area contributed by atoms with Crippen molar-refractivity contribution in [3.05, 3.63) is 71.4 Å². The van der Waals surface area contributed by atoms with E-state index in [1.54, 1.807) is 24.3 Å². The van der Waals surface area contributed by atoms with Gasteiger partial charge in [0.05, 0.1) is 12.2 Å². The summed E-state index contributed by atoms with van der Waals surface area (Å²) < 4.78 is 39.7. The summed E-state index contributed by atoms with van der Waals surface area (Å²) in [5.74, 6) is -1.84. The van der Waals surface area contributed by atoms with Crippen LogP contribution in [-0.2, 0) is 0 Å². The summed E-state index contributed by atoms with van der Waals surface area (Å²) >= 11 is 0. The van der Waals surface area contributed by atoms with Crippen LogP contribution in [0.2, 0.25) is 0 Å². The lowest BCUT2D eigenvalue weighted by Gasteiger charge is -2.43. The van der Waals surface area contributed by atoms with Crippen molar-refractivity contribution < 1.29 is 13.5 Å². The number of nitrogens with zero attached hydrogens (tertiary/aromatic N) is 5. The van der Waals surface area contributed by atoms with Gasteiger partial charge in [-0.15, -0.1) is 0 Å². The highest BCUT2D eigenvalue weighted by molar-refractivity contribution is 5.84. The summed E-state index contributed by atoms with van der Waals surface area (Å²) in [7, 11) is 0. The molecule has 198 valence electrons. The number of anilines is 1. The Morgan fingerprint density at radius 2 is 1.68 bits per heavy atom. The number of fused-ring (bicyclic) bond motifs is 1. The zero-order valence-electron chi connectivity index (χ0n) is 20.8. The van der Waals surface area contributed by atoms with E-state index in [0.717, 1.165) is 30.5 Å². The van der Waals surface area contributed by atoms with Gasteiger partial charge in [0, 0.05) is 12.6 Å². The number of benzene rings is 2. The Kier molecular flexibility index (Phi) is 6.32. The molecule has 3 N–H and O–H groups in total. The Hall–Kier alpha value is -3.83. The van der Waals surface area contributed by atoms with E-state index in [2.05, 4.69) is 15.3 Å². The van der Waals surface area contributed by atoms with Crippen LogP contribution >= 0.6 is 0 Å². The summed E-state index contributed by atoms with van der Waals surface area (Å²) in [6, 6.07) is 14.9. The molecule has 4 aromatic rings. The van der Waals surface area contributed by atoms with Crippen LogP contribution < -0.4 is 21.5 Å². The average molecular weight is 522 g/mol. The molecule has 0 amide bonds. The number of ether oxygens (including phenoxy) is 1. The predicted molar refractivity (Wildman–Crippen MR) is 140 cm³/mol. The van der Waals surface area contributed by atoms with E-state index in [9.17, 15) is 4.79 Å². The van der Waals surface area contributed by atoms with Crippen molar-refractivity contribution in [3.63, 3.8) is 0 Å². The smallest absolute Gasteiger partial charge is 0.335 e. The maximum atomic E-state index is 15.7. The van der Waals surface area contributed by atoms with Gasteiger partial charge < -0.3 is 15.8 Å². The molecule has 2 aliphatic rings. The SMILES string of the molecule is Nc1ncnc2c1n(-c1ccc(Oc3ccccc3)cc1)c(=O)n2[C@H]1CCN(C2CCNCC2)CC1(F)F. The molecule has 0 saturated carbocycles. The summed E-state index contributed by atoms with van der Waals surface area (Å²) in [4.78, 5) is 24.0. The number of imidazole rings is 1. The second kappa shape index (κ2) is 9.80. The highest BCUT2D eigenvalue weighted by atomic mass is 19.3. The molecule has 0 spiro atoms. The molecule has 6 rings (SSSR count). The van der Waals surface area contributed by atoms with Gasteiger partial charge in [-0.05, 0) is 68.8 Å². The van der Waals surface area contributed by atoms with Gasteiger partial charge in [-0.3, -0.25) is 14.0 Å². The van der Waals surface area contributed by atoms with E-state index in [1.807, 2.05) is 35.2 Å². The van der Waals surface area contributed by atoms with E-state index >= 15 is 8.78 Å². The maximum absolute atomic E-state index is 15.7. The third-order valence-electron chi connectivity index (χ3n) is 7.48. The van der Waals surface area contributed by atoms with Crippen molar-refractivity contribution in [1.82, 2.24) is 29.3 Å². The zero-order valence-corrected chi connectivity index (χ0v) is 20.8. The number of nitrogens with two attached hydrogens (primary N) is 1. The van der Waals surface area contributed by atoms with Gasteiger partial charge >= 0.3 is 5.69 Å². The first-order valence-electron chi connectivity index (χ1n) is 12.8. The number of nitrogen functional groups attached to an aromatic ring is 1. The van der Waals surface area contributed by atoms with Crippen LogP contribution in [-0.4, -0.2) is 62.1 Å². The fourth-order valence-electron chi connectivity index (χ4n) is 5.63. The normalized spacial score (nSPS) is 20.5. The first-order valence-corrected chi connectivity index (χ1v) is 12.8. The Labute approximate surface area is 217 Å². The van der Waals surface area contributed by atoms with Crippen LogP contribution in [0.25, 0.3) is 16.9 Å². The highest BCUT2D eigenvalue weighted by Crippen LogP contribution is 2.39. The van der Waals surface area contributed by atoms with Gasteiger partial charge in [0.2, 0.25) is 0 Å². The maximum Gasteiger partial charge on any atom is 0.335 e. The average Bonchev–Trinajstić information content (AvgIpc) is 3.22. The molecule has 2 saturated heterocycles. The monoisotopic (exact) mass is 521 g/mol. The summed E-state index contributed by atoms with van der Waals surface area (Å²) in [5.41, 5.74) is 6.33.